The number of morpholine rings is 1. The van der Waals surface area contributed by atoms with Crippen LogP contribution in [0.5, 0.6) is 0 Å². The summed E-state index contributed by atoms with van der Waals surface area (Å²) >= 11 is 0. The Labute approximate surface area is 141 Å². The van der Waals surface area contributed by atoms with Gasteiger partial charge in [-0.2, -0.15) is 4.98 Å². The molecule has 1 N–H and O–H groups in total. The maximum atomic E-state index is 12.2. The van der Waals surface area contributed by atoms with E-state index in [4.69, 9.17) is 9.26 Å². The van der Waals surface area contributed by atoms with Crippen LogP contribution in [0.15, 0.2) is 28.8 Å². The van der Waals surface area contributed by atoms with Crippen LogP contribution in [0.2, 0.25) is 0 Å². The summed E-state index contributed by atoms with van der Waals surface area (Å²) < 4.78 is 10.4. The number of aromatic nitrogens is 2. The smallest absolute Gasteiger partial charge is 0.257 e. The fraction of sp³-hybridized carbons (Fsp3) is 0.471. The number of hydrogen-bond donors (Lipinski definition) is 1. The van der Waals surface area contributed by atoms with Crippen LogP contribution in [-0.4, -0.2) is 60.3 Å². The predicted molar refractivity (Wildman–Crippen MR) is 88.7 cm³/mol. The second-order valence-corrected chi connectivity index (χ2v) is 5.79. The lowest BCUT2D eigenvalue weighted by atomic mass is 10.1. The summed E-state index contributed by atoms with van der Waals surface area (Å²) in [4.78, 5) is 18.7. The van der Waals surface area contributed by atoms with Gasteiger partial charge in [-0.1, -0.05) is 5.16 Å². The monoisotopic (exact) mass is 330 g/mol. The third-order valence-corrected chi connectivity index (χ3v) is 3.96. The van der Waals surface area contributed by atoms with Gasteiger partial charge >= 0.3 is 0 Å². The van der Waals surface area contributed by atoms with Gasteiger partial charge in [0.25, 0.3) is 11.8 Å². The van der Waals surface area contributed by atoms with Crippen molar-refractivity contribution in [3.8, 4) is 11.5 Å². The van der Waals surface area contributed by atoms with Crippen molar-refractivity contribution >= 4 is 5.91 Å². The molecule has 3 rings (SSSR count). The first kappa shape index (κ1) is 16.6. The summed E-state index contributed by atoms with van der Waals surface area (Å²) in [7, 11) is 0. The number of rotatable bonds is 6. The van der Waals surface area contributed by atoms with E-state index in [1.165, 1.54) is 0 Å². The molecular weight excluding hydrogens is 308 g/mol. The van der Waals surface area contributed by atoms with Gasteiger partial charge in [0, 0.05) is 30.8 Å². The topological polar surface area (TPSA) is 80.5 Å². The second-order valence-electron chi connectivity index (χ2n) is 5.79. The van der Waals surface area contributed by atoms with Gasteiger partial charge < -0.3 is 14.6 Å². The van der Waals surface area contributed by atoms with Crippen LogP contribution < -0.4 is 5.32 Å². The number of carbonyl (C=O) groups is 1. The van der Waals surface area contributed by atoms with Crippen LogP contribution in [-0.2, 0) is 4.74 Å². The van der Waals surface area contributed by atoms with E-state index in [1.54, 1.807) is 19.1 Å². The fourth-order valence-electron chi connectivity index (χ4n) is 2.61. The van der Waals surface area contributed by atoms with E-state index in [0.717, 1.165) is 44.8 Å². The third-order valence-electron chi connectivity index (χ3n) is 3.96. The molecule has 1 aromatic carbocycles. The maximum absolute atomic E-state index is 12.2. The summed E-state index contributed by atoms with van der Waals surface area (Å²) in [5, 5.41) is 6.72. The number of carbonyl (C=O) groups excluding carboxylic acids is 1. The normalized spacial score (nSPS) is 15.4. The summed E-state index contributed by atoms with van der Waals surface area (Å²) in [6, 6.07) is 7.17. The van der Waals surface area contributed by atoms with Gasteiger partial charge in [-0.3, -0.25) is 9.69 Å². The number of hydrogen-bond acceptors (Lipinski definition) is 6. The van der Waals surface area contributed by atoms with Crippen molar-refractivity contribution in [2.45, 2.75) is 13.3 Å². The molecule has 1 aliphatic rings. The molecule has 1 saturated heterocycles. The molecule has 2 heterocycles. The van der Waals surface area contributed by atoms with Crippen LogP contribution in [0, 0.1) is 6.92 Å². The Bertz CT molecular complexity index is 663. The van der Waals surface area contributed by atoms with Gasteiger partial charge in [-0.05, 0) is 44.2 Å². The Kier molecular flexibility index (Phi) is 5.55. The van der Waals surface area contributed by atoms with Gasteiger partial charge in [0.1, 0.15) is 0 Å². The molecule has 1 aliphatic heterocycles. The van der Waals surface area contributed by atoms with Crippen molar-refractivity contribution in [3.63, 3.8) is 0 Å². The first-order chi connectivity index (χ1) is 11.7. The van der Waals surface area contributed by atoms with E-state index in [9.17, 15) is 4.79 Å². The SMILES string of the molecule is Cc1noc(-c2ccc(C(=O)NCCCN3CCOCC3)cc2)n1. The highest BCUT2D eigenvalue weighted by molar-refractivity contribution is 5.94. The molecule has 0 aliphatic carbocycles. The largest absolute Gasteiger partial charge is 0.379 e. The molecule has 128 valence electrons. The van der Waals surface area contributed by atoms with Crippen molar-refractivity contribution < 1.29 is 14.1 Å². The summed E-state index contributed by atoms with van der Waals surface area (Å²) in [6.45, 7) is 6.98. The minimum atomic E-state index is -0.0646. The molecule has 0 atom stereocenters. The van der Waals surface area contributed by atoms with Gasteiger partial charge in [0.05, 0.1) is 13.2 Å². The van der Waals surface area contributed by atoms with Crippen molar-refractivity contribution in [1.82, 2.24) is 20.4 Å². The van der Waals surface area contributed by atoms with Crippen molar-refractivity contribution in [2.75, 3.05) is 39.4 Å². The first-order valence-corrected chi connectivity index (χ1v) is 8.21. The zero-order valence-corrected chi connectivity index (χ0v) is 13.8. The highest BCUT2D eigenvalue weighted by atomic mass is 16.5. The molecule has 0 radical (unpaired) electrons. The van der Waals surface area contributed by atoms with Crippen LogP contribution in [0.3, 0.4) is 0 Å². The first-order valence-electron chi connectivity index (χ1n) is 8.21. The molecular formula is C17H22N4O3. The zero-order chi connectivity index (χ0) is 16.8. The zero-order valence-electron chi connectivity index (χ0n) is 13.8. The van der Waals surface area contributed by atoms with E-state index < -0.39 is 0 Å². The third kappa shape index (κ3) is 4.39. The molecule has 0 saturated carbocycles. The Morgan fingerprint density at radius 1 is 1.25 bits per heavy atom. The predicted octanol–water partition coefficient (Wildman–Crippen LogP) is 1.50. The van der Waals surface area contributed by atoms with Crippen molar-refractivity contribution in [1.29, 1.82) is 0 Å². The van der Waals surface area contributed by atoms with Gasteiger partial charge in [0.15, 0.2) is 5.82 Å². The summed E-state index contributed by atoms with van der Waals surface area (Å²) in [5.41, 5.74) is 1.43. The van der Waals surface area contributed by atoms with Crippen molar-refractivity contribution in [3.05, 3.63) is 35.7 Å². The molecule has 0 spiro atoms. The Morgan fingerprint density at radius 2 is 2.00 bits per heavy atom. The second kappa shape index (κ2) is 8.03. The molecule has 0 bridgehead atoms. The Morgan fingerprint density at radius 3 is 2.67 bits per heavy atom. The number of nitrogens with one attached hydrogen (secondary N) is 1. The van der Waals surface area contributed by atoms with Gasteiger partial charge in [0.2, 0.25) is 0 Å². The van der Waals surface area contributed by atoms with Crippen LogP contribution in [0.25, 0.3) is 11.5 Å². The Hall–Kier alpha value is -2.25. The summed E-state index contributed by atoms with van der Waals surface area (Å²) in [6.07, 6.45) is 0.936. The molecule has 1 fully saturated rings. The maximum Gasteiger partial charge on any atom is 0.257 e. The number of amides is 1. The van der Waals surface area contributed by atoms with E-state index in [2.05, 4.69) is 20.4 Å². The quantitative estimate of drug-likeness (QED) is 0.809. The average Bonchev–Trinajstić information content (AvgIpc) is 3.06. The highest BCUT2D eigenvalue weighted by Crippen LogP contribution is 2.17. The highest BCUT2D eigenvalue weighted by Gasteiger charge is 2.11. The fourth-order valence-corrected chi connectivity index (χ4v) is 2.61. The average molecular weight is 330 g/mol. The van der Waals surface area contributed by atoms with E-state index in [1.807, 2.05) is 12.1 Å². The Balaban J connectivity index is 1.44. The molecule has 24 heavy (non-hydrogen) atoms. The van der Waals surface area contributed by atoms with Crippen LogP contribution >= 0.6 is 0 Å². The van der Waals surface area contributed by atoms with Crippen molar-refractivity contribution in [2.24, 2.45) is 0 Å². The van der Waals surface area contributed by atoms with Crippen LogP contribution in [0.4, 0.5) is 0 Å². The lowest BCUT2D eigenvalue weighted by Crippen LogP contribution is -2.38. The number of ether oxygens (including phenoxy) is 1. The summed E-state index contributed by atoms with van der Waals surface area (Å²) in [5.74, 6) is 0.988. The molecule has 1 aromatic heterocycles. The molecule has 7 heteroatoms. The minimum Gasteiger partial charge on any atom is -0.379 e. The number of nitrogens with zero attached hydrogens (tertiary/aromatic N) is 3. The lowest BCUT2D eigenvalue weighted by molar-refractivity contribution is 0.0374. The molecule has 1 amide bonds. The van der Waals surface area contributed by atoms with E-state index >= 15 is 0 Å². The van der Waals surface area contributed by atoms with Gasteiger partial charge in [-0.25, -0.2) is 0 Å². The number of aryl methyl sites for hydroxylation is 1. The standard InChI is InChI=1S/C17H22N4O3/c1-13-19-17(24-20-13)15-5-3-14(4-6-15)16(22)18-7-2-8-21-9-11-23-12-10-21/h3-6H,2,7-12H2,1H3,(H,18,22). The van der Waals surface area contributed by atoms with E-state index in [-0.39, 0.29) is 5.91 Å². The van der Waals surface area contributed by atoms with Gasteiger partial charge in [-0.15, -0.1) is 0 Å². The molecule has 0 unspecified atom stereocenters. The molecule has 7 nitrogen and oxygen atoms in total. The van der Waals surface area contributed by atoms with Crippen LogP contribution in [0.1, 0.15) is 22.6 Å². The minimum absolute atomic E-state index is 0.0646. The number of benzene rings is 1. The lowest BCUT2D eigenvalue weighted by Gasteiger charge is -2.26. The van der Waals surface area contributed by atoms with E-state index in [0.29, 0.717) is 23.8 Å². The molecule has 2 aromatic rings.